The summed E-state index contributed by atoms with van der Waals surface area (Å²) < 4.78 is 0. The molecular weight excluding hydrogens is 182 g/mol. The number of allylic oxidation sites excluding steroid dienone is 1. The first-order chi connectivity index (χ1) is 4.88. The summed E-state index contributed by atoms with van der Waals surface area (Å²) in [6, 6.07) is 0. The maximum atomic E-state index is 11.0. The zero-order valence-electron chi connectivity index (χ0n) is 5.87. The van der Waals surface area contributed by atoms with Crippen LogP contribution in [0.15, 0.2) is 15.5 Å². The van der Waals surface area contributed by atoms with Crippen LogP contribution in [0.1, 0.15) is 12.8 Å². The van der Waals surface area contributed by atoms with Gasteiger partial charge >= 0.3 is 0 Å². The number of amides is 1. The molecule has 2 rings (SSSR count). The van der Waals surface area contributed by atoms with Crippen molar-refractivity contribution >= 4 is 36.3 Å². The van der Waals surface area contributed by atoms with Gasteiger partial charge in [0.2, 0.25) is 0 Å². The molecule has 4 heteroatoms. The monoisotopic (exact) mass is 189 g/mol. The maximum Gasteiger partial charge on any atom is 0.283 e. The van der Waals surface area contributed by atoms with Crippen molar-refractivity contribution in [3.8, 4) is 0 Å². The average molecular weight is 190 g/mol. The fraction of sp³-hybridized carbons (Fsp3) is 0.429. The fourth-order valence-electron chi connectivity index (χ4n) is 1.20. The molecule has 0 saturated heterocycles. The molecule has 1 amide bonds. The Morgan fingerprint density at radius 1 is 1.55 bits per heavy atom. The smallest absolute Gasteiger partial charge is 0.266 e. The van der Waals surface area contributed by atoms with Gasteiger partial charge in [0.1, 0.15) is 0 Å². The van der Waals surface area contributed by atoms with Crippen molar-refractivity contribution in [3.05, 3.63) is 10.5 Å². The van der Waals surface area contributed by atoms with E-state index in [-0.39, 0.29) is 18.3 Å². The van der Waals surface area contributed by atoms with E-state index >= 15 is 0 Å². The van der Waals surface area contributed by atoms with Gasteiger partial charge in [0.05, 0.1) is 4.91 Å². The molecule has 0 unspecified atom stereocenters. The number of rotatable bonds is 0. The Morgan fingerprint density at radius 2 is 2.36 bits per heavy atom. The van der Waals surface area contributed by atoms with Gasteiger partial charge in [-0.05, 0) is 12.0 Å². The van der Waals surface area contributed by atoms with Crippen LogP contribution >= 0.6 is 24.2 Å². The first-order valence-electron chi connectivity index (χ1n) is 3.29. The largest absolute Gasteiger partial charge is 0.283 e. The van der Waals surface area contributed by atoms with Crippen molar-refractivity contribution in [3.63, 3.8) is 0 Å². The Morgan fingerprint density at radius 3 is 3.09 bits per heavy atom. The number of thioether (sulfide) groups is 1. The van der Waals surface area contributed by atoms with Gasteiger partial charge in [-0.2, -0.15) is 0 Å². The highest BCUT2D eigenvalue weighted by molar-refractivity contribution is 8.04. The first kappa shape index (κ1) is 8.81. The second-order valence-electron chi connectivity index (χ2n) is 2.35. The van der Waals surface area contributed by atoms with Gasteiger partial charge in [-0.1, -0.05) is 0 Å². The highest BCUT2D eigenvalue weighted by Gasteiger charge is 2.22. The third-order valence-electron chi connectivity index (χ3n) is 1.71. The van der Waals surface area contributed by atoms with E-state index in [1.165, 1.54) is 5.57 Å². The summed E-state index contributed by atoms with van der Waals surface area (Å²) in [6.07, 6.45) is 3.69. The maximum absolute atomic E-state index is 11.0. The number of hydrogen-bond donors (Lipinski definition) is 0. The molecule has 0 aliphatic carbocycles. The highest BCUT2D eigenvalue weighted by atomic mass is 35.5. The molecule has 11 heavy (non-hydrogen) atoms. The Kier molecular flexibility index (Phi) is 2.73. The van der Waals surface area contributed by atoms with E-state index in [0.717, 1.165) is 23.5 Å². The molecule has 2 aliphatic heterocycles. The molecule has 0 aromatic rings. The average Bonchev–Trinajstić information content (AvgIpc) is 2.36. The Bertz CT molecular complexity index is 247. The van der Waals surface area contributed by atoms with E-state index in [0.29, 0.717) is 0 Å². The molecule has 0 aromatic carbocycles. The molecule has 0 atom stereocenters. The summed E-state index contributed by atoms with van der Waals surface area (Å²) in [6.45, 7) is 0. The number of carbonyl (C=O) groups is 1. The fourth-order valence-corrected chi connectivity index (χ4v) is 2.32. The number of hydrogen-bond acceptors (Lipinski definition) is 2. The van der Waals surface area contributed by atoms with E-state index in [9.17, 15) is 4.79 Å². The summed E-state index contributed by atoms with van der Waals surface area (Å²) in [7, 11) is 0. The standard InChI is InChI=1S/C7H7NOS.ClH/c9-7-6-5(1-3-8-7)2-4-10-6;/h3H,1-2,4H2;1H. The Labute approximate surface area is 75.6 Å². The Balaban J connectivity index is 0.000000605. The number of halogens is 1. The molecule has 0 bridgehead atoms. The van der Waals surface area contributed by atoms with Gasteiger partial charge in [0, 0.05) is 18.4 Å². The molecule has 2 aliphatic rings. The van der Waals surface area contributed by atoms with Crippen molar-refractivity contribution < 1.29 is 4.79 Å². The van der Waals surface area contributed by atoms with Crippen LogP contribution in [0.25, 0.3) is 0 Å². The lowest BCUT2D eigenvalue weighted by molar-refractivity contribution is -0.113. The van der Waals surface area contributed by atoms with Crippen LogP contribution in [0.5, 0.6) is 0 Å². The van der Waals surface area contributed by atoms with Gasteiger partial charge in [-0.25, -0.2) is 4.99 Å². The normalized spacial score (nSPS) is 21.6. The third kappa shape index (κ3) is 1.49. The lowest BCUT2D eigenvalue weighted by Gasteiger charge is -2.03. The van der Waals surface area contributed by atoms with Gasteiger partial charge in [-0.3, -0.25) is 4.79 Å². The van der Waals surface area contributed by atoms with Gasteiger partial charge in [0.15, 0.2) is 0 Å². The van der Waals surface area contributed by atoms with Crippen molar-refractivity contribution in [2.45, 2.75) is 12.8 Å². The van der Waals surface area contributed by atoms with Crippen molar-refractivity contribution in [1.29, 1.82) is 0 Å². The lowest BCUT2D eigenvalue weighted by atomic mass is 10.1. The van der Waals surface area contributed by atoms with Crippen LogP contribution in [0, 0.1) is 0 Å². The summed E-state index contributed by atoms with van der Waals surface area (Å²) in [5.74, 6) is 1.04. The second kappa shape index (κ2) is 3.41. The predicted octanol–water partition coefficient (Wildman–Crippen LogP) is 1.80. The Hall–Kier alpha value is -0.280. The van der Waals surface area contributed by atoms with Crippen LogP contribution in [-0.4, -0.2) is 17.9 Å². The van der Waals surface area contributed by atoms with Crippen LogP contribution < -0.4 is 0 Å². The molecule has 2 nitrogen and oxygen atoms in total. The summed E-state index contributed by atoms with van der Waals surface area (Å²) in [5.41, 5.74) is 1.30. The molecule has 2 heterocycles. The van der Waals surface area contributed by atoms with Crippen LogP contribution in [0.2, 0.25) is 0 Å². The highest BCUT2D eigenvalue weighted by Crippen LogP contribution is 2.35. The van der Waals surface area contributed by atoms with Gasteiger partial charge < -0.3 is 0 Å². The number of nitrogens with zero attached hydrogens (tertiary/aromatic N) is 1. The number of dihydropyridines is 1. The minimum Gasteiger partial charge on any atom is -0.266 e. The van der Waals surface area contributed by atoms with Crippen LogP contribution in [0.3, 0.4) is 0 Å². The quantitative estimate of drug-likeness (QED) is 0.582. The zero-order valence-corrected chi connectivity index (χ0v) is 7.50. The topological polar surface area (TPSA) is 29.4 Å². The minimum absolute atomic E-state index is 0. The summed E-state index contributed by atoms with van der Waals surface area (Å²) >= 11 is 1.65. The van der Waals surface area contributed by atoms with Crippen molar-refractivity contribution in [1.82, 2.24) is 0 Å². The molecule has 0 fully saturated rings. The van der Waals surface area contributed by atoms with Crippen molar-refractivity contribution in [2.75, 3.05) is 5.75 Å². The second-order valence-corrected chi connectivity index (χ2v) is 3.46. The predicted molar refractivity (Wildman–Crippen MR) is 49.5 cm³/mol. The van der Waals surface area contributed by atoms with Crippen LogP contribution in [-0.2, 0) is 4.79 Å². The molecule has 0 saturated carbocycles. The molecule has 0 aromatic heterocycles. The number of aliphatic imine (C=N–C) groups is 1. The van der Waals surface area contributed by atoms with Crippen LogP contribution in [0.4, 0.5) is 0 Å². The van der Waals surface area contributed by atoms with Gasteiger partial charge in [-0.15, -0.1) is 24.2 Å². The van der Waals surface area contributed by atoms with E-state index in [1.54, 1.807) is 18.0 Å². The summed E-state index contributed by atoms with van der Waals surface area (Å²) in [5, 5.41) is 0. The van der Waals surface area contributed by atoms with E-state index < -0.39 is 0 Å². The van der Waals surface area contributed by atoms with E-state index in [4.69, 9.17) is 0 Å². The minimum atomic E-state index is -0.0243. The zero-order chi connectivity index (χ0) is 6.97. The lowest BCUT2D eigenvalue weighted by Crippen LogP contribution is -2.02. The molecule has 60 valence electrons. The third-order valence-corrected chi connectivity index (χ3v) is 2.87. The molecule has 0 N–H and O–H groups in total. The molecule has 0 spiro atoms. The van der Waals surface area contributed by atoms with E-state index in [2.05, 4.69) is 4.99 Å². The first-order valence-corrected chi connectivity index (χ1v) is 4.28. The van der Waals surface area contributed by atoms with E-state index in [1.807, 2.05) is 0 Å². The molecular formula is C7H8ClNOS. The molecule has 0 radical (unpaired) electrons. The van der Waals surface area contributed by atoms with Gasteiger partial charge in [0.25, 0.3) is 5.91 Å². The summed E-state index contributed by atoms with van der Waals surface area (Å²) in [4.78, 5) is 15.6. The SMILES string of the molecule is Cl.O=C1N=CCC2=C1SCC2. The number of carbonyl (C=O) groups excluding carboxylic acids is 1. The van der Waals surface area contributed by atoms with Crippen molar-refractivity contribution in [2.24, 2.45) is 4.99 Å².